The maximum Gasteiger partial charge on any atom is 0.0810 e. The smallest absolute Gasteiger partial charge is 0.0810 e. The van der Waals surface area contributed by atoms with Gasteiger partial charge in [-0.15, -0.1) is 0 Å². The average molecular weight is 173 g/mol. The van der Waals surface area contributed by atoms with E-state index >= 15 is 0 Å². The number of ether oxygens (including phenoxy) is 2. The molecule has 72 valence electrons. The highest BCUT2D eigenvalue weighted by Gasteiger charge is 2.18. The minimum absolute atomic E-state index is 0.225. The Balaban J connectivity index is 2.13. The summed E-state index contributed by atoms with van der Waals surface area (Å²) in [6.07, 6.45) is 2.48. The van der Waals surface area contributed by atoms with E-state index in [0.717, 1.165) is 26.1 Å². The van der Waals surface area contributed by atoms with Crippen molar-refractivity contribution in [2.45, 2.75) is 38.3 Å². The summed E-state index contributed by atoms with van der Waals surface area (Å²) in [5.41, 5.74) is 5.56. The van der Waals surface area contributed by atoms with Gasteiger partial charge < -0.3 is 15.2 Å². The minimum atomic E-state index is -0.225. The molecule has 0 bridgehead atoms. The normalized spacial score (nSPS) is 25.8. The monoisotopic (exact) mass is 173 g/mol. The van der Waals surface area contributed by atoms with E-state index < -0.39 is 0 Å². The van der Waals surface area contributed by atoms with Crippen LogP contribution in [0.2, 0.25) is 0 Å². The van der Waals surface area contributed by atoms with Gasteiger partial charge >= 0.3 is 0 Å². The molecule has 0 aromatic rings. The molecular formula is C9H19NO2. The molecule has 1 saturated heterocycles. The van der Waals surface area contributed by atoms with Gasteiger partial charge in [-0.3, -0.25) is 0 Å². The van der Waals surface area contributed by atoms with Gasteiger partial charge in [0, 0.05) is 12.1 Å². The number of hydrogen-bond donors (Lipinski definition) is 1. The fourth-order valence-electron chi connectivity index (χ4n) is 1.18. The van der Waals surface area contributed by atoms with Gasteiger partial charge in [0.2, 0.25) is 0 Å². The first-order valence-electron chi connectivity index (χ1n) is 4.56. The topological polar surface area (TPSA) is 44.5 Å². The van der Waals surface area contributed by atoms with E-state index in [1.165, 1.54) is 0 Å². The van der Waals surface area contributed by atoms with E-state index in [2.05, 4.69) is 0 Å². The van der Waals surface area contributed by atoms with Crippen molar-refractivity contribution in [3.8, 4) is 0 Å². The van der Waals surface area contributed by atoms with E-state index in [9.17, 15) is 0 Å². The molecule has 1 heterocycles. The first-order chi connectivity index (χ1) is 5.58. The molecule has 1 aliphatic heterocycles. The van der Waals surface area contributed by atoms with Crippen LogP contribution < -0.4 is 5.73 Å². The maximum absolute atomic E-state index is 5.79. The predicted octanol–water partition coefficient (Wildman–Crippen LogP) is 0.919. The Morgan fingerprint density at radius 2 is 2.33 bits per heavy atom. The molecule has 3 nitrogen and oxygen atoms in total. The summed E-state index contributed by atoms with van der Waals surface area (Å²) < 4.78 is 10.9. The van der Waals surface area contributed by atoms with Crippen molar-refractivity contribution >= 4 is 0 Å². The Hall–Kier alpha value is -0.120. The summed E-state index contributed by atoms with van der Waals surface area (Å²) in [5, 5.41) is 0. The van der Waals surface area contributed by atoms with Crippen LogP contribution in [0.4, 0.5) is 0 Å². The molecule has 0 saturated carbocycles. The van der Waals surface area contributed by atoms with Gasteiger partial charge in [-0.2, -0.15) is 0 Å². The van der Waals surface area contributed by atoms with Crippen LogP contribution in [0.1, 0.15) is 26.7 Å². The van der Waals surface area contributed by atoms with E-state index in [1.54, 1.807) is 0 Å². The largest absolute Gasteiger partial charge is 0.379 e. The maximum atomic E-state index is 5.79. The Morgan fingerprint density at radius 1 is 1.58 bits per heavy atom. The van der Waals surface area contributed by atoms with Crippen molar-refractivity contribution in [3.05, 3.63) is 0 Å². The molecular weight excluding hydrogens is 154 g/mol. The van der Waals surface area contributed by atoms with Crippen molar-refractivity contribution in [2.24, 2.45) is 5.73 Å². The van der Waals surface area contributed by atoms with Crippen molar-refractivity contribution in [1.82, 2.24) is 0 Å². The quantitative estimate of drug-likeness (QED) is 0.690. The number of rotatable bonds is 3. The molecule has 3 heteroatoms. The zero-order valence-electron chi connectivity index (χ0n) is 8.01. The molecule has 1 rings (SSSR count). The molecule has 1 atom stereocenters. The Labute approximate surface area is 74.2 Å². The number of hydrogen-bond acceptors (Lipinski definition) is 3. The SMILES string of the molecule is CC(C)(N)COC1CCCOC1. The van der Waals surface area contributed by atoms with E-state index in [4.69, 9.17) is 15.2 Å². The molecule has 0 aromatic carbocycles. The zero-order chi connectivity index (χ0) is 9.03. The molecule has 0 spiro atoms. The second-order valence-electron chi connectivity index (χ2n) is 4.14. The van der Waals surface area contributed by atoms with Gasteiger partial charge in [-0.1, -0.05) is 0 Å². The van der Waals surface area contributed by atoms with Gasteiger partial charge in [0.25, 0.3) is 0 Å². The molecule has 0 radical (unpaired) electrons. The average Bonchev–Trinajstić information content (AvgIpc) is 2.02. The van der Waals surface area contributed by atoms with Crippen LogP contribution in [0.5, 0.6) is 0 Å². The third kappa shape index (κ3) is 4.04. The summed E-state index contributed by atoms with van der Waals surface area (Å²) in [6.45, 7) is 6.16. The molecule has 1 aliphatic rings. The van der Waals surface area contributed by atoms with E-state index in [-0.39, 0.29) is 11.6 Å². The summed E-state index contributed by atoms with van der Waals surface area (Å²) in [7, 11) is 0. The lowest BCUT2D eigenvalue weighted by Gasteiger charge is -2.26. The van der Waals surface area contributed by atoms with Crippen molar-refractivity contribution in [3.63, 3.8) is 0 Å². The van der Waals surface area contributed by atoms with Gasteiger partial charge in [-0.25, -0.2) is 0 Å². The lowest BCUT2D eigenvalue weighted by Crippen LogP contribution is -2.40. The predicted molar refractivity (Wildman–Crippen MR) is 48.1 cm³/mol. The molecule has 0 aliphatic carbocycles. The summed E-state index contributed by atoms with van der Waals surface area (Å²) >= 11 is 0. The third-order valence-corrected chi connectivity index (χ3v) is 1.81. The van der Waals surface area contributed by atoms with Crippen LogP contribution in [0.15, 0.2) is 0 Å². The highest BCUT2D eigenvalue weighted by molar-refractivity contribution is 4.72. The molecule has 1 fully saturated rings. The van der Waals surface area contributed by atoms with E-state index in [1.807, 2.05) is 13.8 Å². The third-order valence-electron chi connectivity index (χ3n) is 1.81. The number of nitrogens with two attached hydrogens (primary N) is 1. The van der Waals surface area contributed by atoms with Crippen LogP contribution in [0.25, 0.3) is 0 Å². The fraction of sp³-hybridized carbons (Fsp3) is 1.00. The molecule has 0 aromatic heterocycles. The zero-order valence-corrected chi connectivity index (χ0v) is 8.01. The van der Waals surface area contributed by atoms with Crippen molar-refractivity contribution in [2.75, 3.05) is 19.8 Å². The van der Waals surface area contributed by atoms with Crippen LogP contribution >= 0.6 is 0 Å². The second kappa shape index (κ2) is 4.21. The fourth-order valence-corrected chi connectivity index (χ4v) is 1.18. The van der Waals surface area contributed by atoms with Gasteiger partial charge in [0.1, 0.15) is 0 Å². The summed E-state index contributed by atoms with van der Waals surface area (Å²) in [6, 6.07) is 0. The second-order valence-corrected chi connectivity index (χ2v) is 4.14. The lowest BCUT2D eigenvalue weighted by molar-refractivity contribution is -0.0602. The summed E-state index contributed by atoms with van der Waals surface area (Å²) in [4.78, 5) is 0. The lowest BCUT2D eigenvalue weighted by atomic mass is 10.1. The Morgan fingerprint density at radius 3 is 2.83 bits per heavy atom. The summed E-state index contributed by atoms with van der Waals surface area (Å²) in [5.74, 6) is 0. The van der Waals surface area contributed by atoms with Crippen molar-refractivity contribution in [1.29, 1.82) is 0 Å². The van der Waals surface area contributed by atoms with Crippen LogP contribution in [0, 0.1) is 0 Å². The van der Waals surface area contributed by atoms with Crippen LogP contribution in [-0.2, 0) is 9.47 Å². The molecule has 12 heavy (non-hydrogen) atoms. The Bertz CT molecular complexity index is 125. The van der Waals surface area contributed by atoms with Crippen LogP contribution in [0.3, 0.4) is 0 Å². The first kappa shape index (κ1) is 9.96. The highest BCUT2D eigenvalue weighted by atomic mass is 16.5. The van der Waals surface area contributed by atoms with Gasteiger partial charge in [0.15, 0.2) is 0 Å². The van der Waals surface area contributed by atoms with E-state index in [0.29, 0.717) is 6.61 Å². The highest BCUT2D eigenvalue weighted by Crippen LogP contribution is 2.11. The van der Waals surface area contributed by atoms with Gasteiger partial charge in [0.05, 0.1) is 19.3 Å². The van der Waals surface area contributed by atoms with Crippen molar-refractivity contribution < 1.29 is 9.47 Å². The minimum Gasteiger partial charge on any atom is -0.379 e. The van der Waals surface area contributed by atoms with Crippen LogP contribution in [-0.4, -0.2) is 31.5 Å². The van der Waals surface area contributed by atoms with Gasteiger partial charge in [-0.05, 0) is 26.7 Å². The molecule has 2 N–H and O–H groups in total. The first-order valence-corrected chi connectivity index (χ1v) is 4.56. The molecule has 1 unspecified atom stereocenters. The molecule has 0 amide bonds. The standard InChI is InChI=1S/C9H19NO2/c1-9(2,10)7-12-8-4-3-5-11-6-8/h8H,3-7,10H2,1-2H3. The Kier molecular flexibility index (Phi) is 3.50.